The lowest BCUT2D eigenvalue weighted by molar-refractivity contribution is 0.460. The zero-order valence-electron chi connectivity index (χ0n) is 4.89. The van der Waals surface area contributed by atoms with Gasteiger partial charge in [-0.15, -0.1) is 0 Å². The Labute approximate surface area is 52.8 Å². The summed E-state index contributed by atoms with van der Waals surface area (Å²) in [5.41, 5.74) is 0. The van der Waals surface area contributed by atoms with E-state index >= 15 is 0 Å². The third-order valence-electron chi connectivity index (χ3n) is 0.909. The van der Waals surface area contributed by atoms with Crippen LogP contribution in [0.1, 0.15) is 19.8 Å². The van der Waals surface area contributed by atoms with Gasteiger partial charge in [0.25, 0.3) is 0 Å². The molecule has 48 valence electrons. The third-order valence-corrected chi connectivity index (χ3v) is 1.47. The third kappa shape index (κ3) is 4.12. The van der Waals surface area contributed by atoms with E-state index in [1.165, 1.54) is 0 Å². The van der Waals surface area contributed by atoms with Gasteiger partial charge in [-0.05, 0) is 13.3 Å². The summed E-state index contributed by atoms with van der Waals surface area (Å²) in [5, 5.41) is 0.0748. The summed E-state index contributed by atoms with van der Waals surface area (Å²) in [6.07, 6.45) is 1.22. The molecule has 0 radical (unpaired) electrons. The van der Waals surface area contributed by atoms with Crippen molar-refractivity contribution >= 4 is 11.7 Å². The SMILES string of the molecule is CC(CCCF)[S+]=O. The summed E-state index contributed by atoms with van der Waals surface area (Å²) in [6, 6.07) is 0. The maximum atomic E-state index is 11.4. The van der Waals surface area contributed by atoms with Crippen molar-refractivity contribution in [2.45, 2.75) is 25.0 Å². The van der Waals surface area contributed by atoms with Crippen LogP contribution in [0.3, 0.4) is 0 Å². The zero-order chi connectivity index (χ0) is 6.41. The Morgan fingerprint density at radius 3 is 2.75 bits per heavy atom. The van der Waals surface area contributed by atoms with Gasteiger partial charge in [0.1, 0.15) is 0 Å². The molecule has 0 heterocycles. The van der Waals surface area contributed by atoms with Crippen molar-refractivity contribution in [1.82, 2.24) is 0 Å². The molecular formula is C5H10FOS+. The fourth-order valence-corrected chi connectivity index (χ4v) is 0.676. The van der Waals surface area contributed by atoms with Crippen LogP contribution in [0.5, 0.6) is 0 Å². The van der Waals surface area contributed by atoms with E-state index in [9.17, 15) is 8.60 Å². The number of hydrogen-bond donors (Lipinski definition) is 0. The molecule has 0 saturated heterocycles. The van der Waals surface area contributed by atoms with Gasteiger partial charge in [-0.2, -0.15) is 0 Å². The van der Waals surface area contributed by atoms with E-state index in [1.54, 1.807) is 0 Å². The molecule has 0 aliphatic rings. The van der Waals surface area contributed by atoms with E-state index in [1.807, 2.05) is 6.92 Å². The van der Waals surface area contributed by atoms with E-state index in [2.05, 4.69) is 0 Å². The quantitative estimate of drug-likeness (QED) is 0.537. The van der Waals surface area contributed by atoms with Gasteiger partial charge in [-0.25, -0.2) is 0 Å². The first-order chi connectivity index (χ1) is 3.81. The lowest BCUT2D eigenvalue weighted by Gasteiger charge is -1.85. The maximum absolute atomic E-state index is 11.4. The molecule has 0 spiro atoms. The van der Waals surface area contributed by atoms with Gasteiger partial charge in [0.05, 0.1) is 6.67 Å². The smallest absolute Gasteiger partial charge is 0.251 e. The maximum Gasteiger partial charge on any atom is 0.461 e. The predicted octanol–water partition coefficient (Wildman–Crippen LogP) is 1.55. The predicted molar refractivity (Wildman–Crippen MR) is 32.7 cm³/mol. The molecule has 0 aromatic rings. The van der Waals surface area contributed by atoms with Gasteiger partial charge in [0.2, 0.25) is 5.25 Å². The van der Waals surface area contributed by atoms with Crippen LogP contribution in [0.4, 0.5) is 4.39 Å². The van der Waals surface area contributed by atoms with Crippen LogP contribution in [0.25, 0.3) is 0 Å². The van der Waals surface area contributed by atoms with Crippen molar-refractivity contribution in [3.05, 3.63) is 0 Å². The van der Waals surface area contributed by atoms with Crippen LogP contribution in [0.2, 0.25) is 0 Å². The molecule has 0 aliphatic carbocycles. The van der Waals surface area contributed by atoms with E-state index in [0.717, 1.165) is 0 Å². The molecular weight excluding hydrogens is 127 g/mol. The minimum Gasteiger partial charge on any atom is -0.251 e. The first-order valence-electron chi connectivity index (χ1n) is 2.66. The minimum atomic E-state index is -0.301. The van der Waals surface area contributed by atoms with Crippen molar-refractivity contribution < 1.29 is 8.60 Å². The van der Waals surface area contributed by atoms with Crippen LogP contribution < -0.4 is 0 Å². The molecule has 1 atom stereocenters. The number of halogens is 1. The van der Waals surface area contributed by atoms with Crippen LogP contribution in [0, 0.1) is 0 Å². The first-order valence-corrected chi connectivity index (χ1v) is 3.46. The average molecular weight is 137 g/mol. The van der Waals surface area contributed by atoms with Gasteiger partial charge in [0, 0.05) is 10.6 Å². The molecule has 0 aromatic carbocycles. The topological polar surface area (TPSA) is 17.1 Å². The minimum absolute atomic E-state index is 0.0748. The molecule has 0 fully saturated rings. The Morgan fingerprint density at radius 1 is 1.75 bits per heavy atom. The zero-order valence-corrected chi connectivity index (χ0v) is 5.71. The Hall–Kier alpha value is -0.0500. The lowest BCUT2D eigenvalue weighted by atomic mass is 10.3. The normalized spacial score (nSPS) is 13.2. The van der Waals surface area contributed by atoms with Crippen molar-refractivity contribution in [3.63, 3.8) is 0 Å². The standard InChI is InChI=1S/C5H10FOS/c1-5(8-7)3-2-4-6/h5H,2-4H2,1H3/q+1. The summed E-state index contributed by atoms with van der Waals surface area (Å²) in [4.78, 5) is 0. The van der Waals surface area contributed by atoms with E-state index in [4.69, 9.17) is 0 Å². The highest BCUT2D eigenvalue weighted by Gasteiger charge is 2.12. The summed E-state index contributed by atoms with van der Waals surface area (Å²) in [5.74, 6) is 0. The molecule has 0 amide bonds. The first kappa shape index (κ1) is 7.95. The van der Waals surface area contributed by atoms with Crippen molar-refractivity contribution in [2.75, 3.05) is 6.67 Å². The number of hydrogen-bond acceptors (Lipinski definition) is 1. The fraction of sp³-hybridized carbons (Fsp3) is 1.00. The second-order valence-electron chi connectivity index (χ2n) is 1.74. The summed E-state index contributed by atoms with van der Waals surface area (Å²) >= 11 is 0.548. The van der Waals surface area contributed by atoms with Gasteiger partial charge < -0.3 is 0 Å². The summed E-state index contributed by atoms with van der Waals surface area (Å²) < 4.78 is 21.3. The van der Waals surface area contributed by atoms with Crippen LogP contribution >= 0.6 is 0 Å². The lowest BCUT2D eigenvalue weighted by Crippen LogP contribution is -1.98. The van der Waals surface area contributed by atoms with Crippen molar-refractivity contribution in [2.24, 2.45) is 0 Å². The average Bonchev–Trinajstić information content (AvgIpc) is 1.83. The van der Waals surface area contributed by atoms with Gasteiger partial charge in [0.15, 0.2) is 0 Å². The molecule has 0 aliphatic heterocycles. The van der Waals surface area contributed by atoms with Gasteiger partial charge >= 0.3 is 11.7 Å². The molecule has 0 N–H and O–H groups in total. The number of alkyl halides is 1. The second kappa shape index (κ2) is 5.09. The van der Waals surface area contributed by atoms with E-state index in [0.29, 0.717) is 24.5 Å². The monoisotopic (exact) mass is 137 g/mol. The molecule has 1 unspecified atom stereocenters. The molecule has 0 saturated carbocycles. The van der Waals surface area contributed by atoms with E-state index in [-0.39, 0.29) is 11.9 Å². The molecule has 0 rings (SSSR count). The van der Waals surface area contributed by atoms with Crippen LogP contribution in [-0.2, 0) is 15.9 Å². The molecule has 8 heavy (non-hydrogen) atoms. The van der Waals surface area contributed by atoms with Gasteiger partial charge in [-0.1, -0.05) is 0 Å². The molecule has 3 heteroatoms. The summed E-state index contributed by atoms with van der Waals surface area (Å²) in [6.45, 7) is 1.51. The van der Waals surface area contributed by atoms with Crippen LogP contribution in [0.15, 0.2) is 0 Å². The Kier molecular flexibility index (Phi) is 5.06. The highest BCUT2D eigenvalue weighted by atomic mass is 32.1. The summed E-state index contributed by atoms with van der Waals surface area (Å²) in [7, 11) is 0. The Balaban J connectivity index is 2.98. The fourth-order valence-electron chi connectivity index (χ4n) is 0.413. The highest BCUT2D eigenvalue weighted by Crippen LogP contribution is 1.97. The van der Waals surface area contributed by atoms with Crippen molar-refractivity contribution in [3.8, 4) is 0 Å². The highest BCUT2D eigenvalue weighted by molar-refractivity contribution is 7.66. The van der Waals surface area contributed by atoms with Crippen molar-refractivity contribution in [1.29, 1.82) is 0 Å². The van der Waals surface area contributed by atoms with Gasteiger partial charge in [-0.3, -0.25) is 4.39 Å². The molecule has 0 aromatic heterocycles. The Bertz CT molecular complexity index is 67.4. The van der Waals surface area contributed by atoms with E-state index < -0.39 is 0 Å². The second-order valence-corrected chi connectivity index (χ2v) is 2.74. The largest absolute Gasteiger partial charge is 0.461 e. The Morgan fingerprint density at radius 2 is 2.38 bits per heavy atom. The molecule has 0 bridgehead atoms. The van der Waals surface area contributed by atoms with Crippen LogP contribution in [-0.4, -0.2) is 11.9 Å². The number of rotatable bonds is 4. The molecule has 1 nitrogen and oxygen atoms in total.